The molecule has 0 aliphatic rings. The predicted molar refractivity (Wildman–Crippen MR) is 79.3 cm³/mol. The fraction of sp³-hybridized carbons (Fsp3) is 0.538. The third kappa shape index (κ3) is 3.18. The Morgan fingerprint density at radius 2 is 2.22 bits per heavy atom. The molecule has 0 aromatic carbocycles. The van der Waals surface area contributed by atoms with Crippen molar-refractivity contribution in [2.75, 3.05) is 12.0 Å². The first kappa shape index (κ1) is 13.7. The quantitative estimate of drug-likeness (QED) is 0.573. The highest BCUT2D eigenvalue weighted by Gasteiger charge is 2.08. The first-order chi connectivity index (χ1) is 8.86. The molecule has 0 radical (unpaired) electrons. The SMILES string of the molecule is CSCCCCCn1c(CCl)nc2cnccc21. The highest BCUT2D eigenvalue weighted by molar-refractivity contribution is 7.98. The van der Waals surface area contributed by atoms with Crippen molar-refractivity contribution in [1.82, 2.24) is 14.5 Å². The van der Waals surface area contributed by atoms with Gasteiger partial charge in [0.1, 0.15) is 11.3 Å². The second-order valence-electron chi connectivity index (χ2n) is 4.23. The number of hydrogen-bond donors (Lipinski definition) is 0. The first-order valence-electron chi connectivity index (χ1n) is 6.21. The molecule has 18 heavy (non-hydrogen) atoms. The standard InChI is InChI=1S/C13H18ClN3S/c1-18-8-4-2-3-7-17-12-5-6-15-10-11(12)16-13(17)9-14/h5-6,10H,2-4,7-9H2,1H3. The zero-order valence-corrected chi connectivity index (χ0v) is 12.2. The molecule has 0 fully saturated rings. The Bertz CT molecular complexity index is 498. The topological polar surface area (TPSA) is 30.7 Å². The van der Waals surface area contributed by atoms with Crippen LogP contribution in [0.25, 0.3) is 11.0 Å². The zero-order valence-electron chi connectivity index (χ0n) is 10.6. The Morgan fingerprint density at radius 1 is 1.33 bits per heavy atom. The fourth-order valence-corrected chi connectivity index (χ4v) is 2.77. The summed E-state index contributed by atoms with van der Waals surface area (Å²) in [7, 11) is 0. The molecule has 0 saturated heterocycles. The molecule has 3 nitrogen and oxygen atoms in total. The van der Waals surface area contributed by atoms with Gasteiger partial charge >= 0.3 is 0 Å². The van der Waals surface area contributed by atoms with Crippen molar-refractivity contribution in [3.05, 3.63) is 24.3 Å². The molecule has 0 spiro atoms. The van der Waals surface area contributed by atoms with E-state index in [0.717, 1.165) is 23.4 Å². The summed E-state index contributed by atoms with van der Waals surface area (Å²) in [6.07, 6.45) is 9.49. The van der Waals surface area contributed by atoms with Crippen molar-refractivity contribution in [3.63, 3.8) is 0 Å². The van der Waals surface area contributed by atoms with Gasteiger partial charge in [-0.25, -0.2) is 4.98 Å². The molecule has 0 N–H and O–H groups in total. The van der Waals surface area contributed by atoms with Crippen molar-refractivity contribution in [1.29, 1.82) is 0 Å². The number of unbranched alkanes of at least 4 members (excludes halogenated alkanes) is 2. The fourth-order valence-electron chi connectivity index (χ4n) is 2.08. The first-order valence-corrected chi connectivity index (χ1v) is 8.13. The molecule has 2 rings (SSSR count). The van der Waals surface area contributed by atoms with Gasteiger partial charge in [-0.2, -0.15) is 11.8 Å². The van der Waals surface area contributed by atoms with Gasteiger partial charge < -0.3 is 4.57 Å². The van der Waals surface area contributed by atoms with Crippen LogP contribution < -0.4 is 0 Å². The maximum absolute atomic E-state index is 5.96. The second-order valence-corrected chi connectivity index (χ2v) is 5.48. The van der Waals surface area contributed by atoms with E-state index in [1.165, 1.54) is 25.0 Å². The van der Waals surface area contributed by atoms with Crippen LogP contribution in [0.3, 0.4) is 0 Å². The summed E-state index contributed by atoms with van der Waals surface area (Å²) in [5.74, 6) is 2.65. The third-order valence-corrected chi connectivity index (χ3v) is 3.92. The van der Waals surface area contributed by atoms with Gasteiger partial charge in [0.2, 0.25) is 0 Å². The minimum absolute atomic E-state index is 0.458. The Balaban J connectivity index is 2.06. The van der Waals surface area contributed by atoms with Crippen molar-refractivity contribution in [2.45, 2.75) is 31.7 Å². The molecular weight excluding hydrogens is 266 g/mol. The van der Waals surface area contributed by atoms with Crippen LogP contribution in [0.1, 0.15) is 25.1 Å². The van der Waals surface area contributed by atoms with Crippen LogP contribution in [0.4, 0.5) is 0 Å². The van der Waals surface area contributed by atoms with E-state index in [1.54, 1.807) is 6.20 Å². The number of alkyl halides is 1. The van der Waals surface area contributed by atoms with E-state index in [-0.39, 0.29) is 0 Å². The largest absolute Gasteiger partial charge is 0.327 e. The molecule has 5 heteroatoms. The predicted octanol–water partition coefficient (Wildman–Crippen LogP) is 3.70. The summed E-state index contributed by atoms with van der Waals surface area (Å²) in [6, 6.07) is 2.01. The molecule has 0 aliphatic heterocycles. The lowest BCUT2D eigenvalue weighted by Crippen LogP contribution is -2.02. The van der Waals surface area contributed by atoms with Gasteiger partial charge in [-0.05, 0) is 30.9 Å². The van der Waals surface area contributed by atoms with E-state index in [0.29, 0.717) is 5.88 Å². The summed E-state index contributed by atoms with van der Waals surface area (Å²) in [4.78, 5) is 8.61. The van der Waals surface area contributed by atoms with Crippen molar-refractivity contribution in [3.8, 4) is 0 Å². The maximum Gasteiger partial charge on any atom is 0.124 e. The number of nitrogens with zero attached hydrogens (tertiary/aromatic N) is 3. The molecule has 0 unspecified atom stereocenters. The average molecular weight is 284 g/mol. The molecule has 2 aromatic heterocycles. The minimum atomic E-state index is 0.458. The average Bonchev–Trinajstić information content (AvgIpc) is 2.77. The molecule has 0 atom stereocenters. The zero-order chi connectivity index (χ0) is 12.8. The number of imidazole rings is 1. The molecular formula is C13H18ClN3S. The van der Waals surface area contributed by atoms with E-state index >= 15 is 0 Å². The van der Waals surface area contributed by atoms with Gasteiger partial charge in [0, 0.05) is 12.7 Å². The van der Waals surface area contributed by atoms with Gasteiger partial charge in [-0.1, -0.05) is 6.42 Å². The van der Waals surface area contributed by atoms with Crippen LogP contribution >= 0.6 is 23.4 Å². The number of rotatable bonds is 7. The van der Waals surface area contributed by atoms with Gasteiger partial charge in [0.25, 0.3) is 0 Å². The Kier molecular flexibility index (Phi) is 5.32. The van der Waals surface area contributed by atoms with Crippen LogP contribution in [0.5, 0.6) is 0 Å². The van der Waals surface area contributed by atoms with Gasteiger partial charge in [0.05, 0.1) is 17.6 Å². The van der Waals surface area contributed by atoms with Gasteiger partial charge in [-0.3, -0.25) is 4.98 Å². The summed E-state index contributed by atoms with van der Waals surface area (Å²) in [5.41, 5.74) is 2.09. The lowest BCUT2D eigenvalue weighted by atomic mass is 10.2. The van der Waals surface area contributed by atoms with Crippen LogP contribution in [0.15, 0.2) is 18.5 Å². The summed E-state index contributed by atoms with van der Waals surface area (Å²) >= 11 is 7.87. The normalized spacial score (nSPS) is 11.2. The smallest absolute Gasteiger partial charge is 0.124 e. The molecule has 98 valence electrons. The number of halogens is 1. The molecule has 2 heterocycles. The Labute approximate surface area is 117 Å². The van der Waals surface area contributed by atoms with Crippen LogP contribution in [0.2, 0.25) is 0 Å². The van der Waals surface area contributed by atoms with Crippen LogP contribution in [0, 0.1) is 0 Å². The molecule has 0 amide bonds. The number of aromatic nitrogens is 3. The van der Waals surface area contributed by atoms with E-state index in [4.69, 9.17) is 11.6 Å². The summed E-state index contributed by atoms with van der Waals surface area (Å²) in [6.45, 7) is 0.997. The van der Waals surface area contributed by atoms with Crippen molar-refractivity contribution in [2.24, 2.45) is 0 Å². The number of aryl methyl sites for hydroxylation is 1. The maximum atomic E-state index is 5.96. The number of pyridine rings is 1. The van der Waals surface area contributed by atoms with Gasteiger partial charge in [0.15, 0.2) is 0 Å². The molecule has 2 aromatic rings. The van der Waals surface area contributed by atoms with Crippen LogP contribution in [-0.2, 0) is 12.4 Å². The van der Waals surface area contributed by atoms with E-state index in [2.05, 4.69) is 20.8 Å². The highest BCUT2D eigenvalue weighted by atomic mass is 35.5. The summed E-state index contributed by atoms with van der Waals surface area (Å²) < 4.78 is 2.23. The van der Waals surface area contributed by atoms with Gasteiger partial charge in [-0.15, -0.1) is 11.6 Å². The van der Waals surface area contributed by atoms with E-state index < -0.39 is 0 Å². The Morgan fingerprint density at radius 3 is 3.00 bits per heavy atom. The number of thioether (sulfide) groups is 1. The van der Waals surface area contributed by atoms with Crippen molar-refractivity contribution < 1.29 is 0 Å². The number of fused-ring (bicyclic) bond motifs is 1. The third-order valence-electron chi connectivity index (χ3n) is 2.98. The summed E-state index contributed by atoms with van der Waals surface area (Å²) in [5, 5.41) is 0. The lowest BCUT2D eigenvalue weighted by molar-refractivity contribution is 0.602. The monoisotopic (exact) mass is 283 g/mol. The molecule has 0 bridgehead atoms. The highest BCUT2D eigenvalue weighted by Crippen LogP contribution is 2.17. The van der Waals surface area contributed by atoms with Crippen LogP contribution in [-0.4, -0.2) is 26.5 Å². The van der Waals surface area contributed by atoms with E-state index in [1.807, 2.05) is 24.0 Å². The van der Waals surface area contributed by atoms with E-state index in [9.17, 15) is 0 Å². The lowest BCUT2D eigenvalue weighted by Gasteiger charge is -2.07. The second kappa shape index (κ2) is 7.00. The van der Waals surface area contributed by atoms with Crippen molar-refractivity contribution >= 4 is 34.4 Å². The Hall–Kier alpha value is -0.740. The minimum Gasteiger partial charge on any atom is -0.327 e. The molecule has 0 aliphatic carbocycles. The molecule has 0 saturated carbocycles. The number of hydrogen-bond acceptors (Lipinski definition) is 3.